The second-order valence-corrected chi connectivity index (χ2v) is 5.25. The highest BCUT2D eigenvalue weighted by Crippen LogP contribution is 2.22. The number of benzene rings is 2. The van der Waals surface area contributed by atoms with Crippen LogP contribution in [0.25, 0.3) is 11.5 Å². The van der Waals surface area contributed by atoms with Crippen LogP contribution in [0, 0.1) is 0 Å². The SMILES string of the molecule is COc1cccc(-c2nnc(CNC(C)c3ccccc3)o2)c1. The maximum atomic E-state index is 5.72. The third kappa shape index (κ3) is 3.76. The van der Waals surface area contributed by atoms with E-state index in [2.05, 4.69) is 34.6 Å². The molecule has 0 fully saturated rings. The summed E-state index contributed by atoms with van der Waals surface area (Å²) in [5.74, 6) is 1.82. The van der Waals surface area contributed by atoms with Gasteiger partial charge in [0.15, 0.2) is 0 Å². The van der Waals surface area contributed by atoms with Gasteiger partial charge in [-0.15, -0.1) is 10.2 Å². The van der Waals surface area contributed by atoms with Gasteiger partial charge < -0.3 is 14.5 Å². The van der Waals surface area contributed by atoms with E-state index < -0.39 is 0 Å². The van der Waals surface area contributed by atoms with Crippen molar-refractivity contribution in [3.05, 3.63) is 66.1 Å². The molecule has 118 valence electrons. The second-order valence-electron chi connectivity index (χ2n) is 5.25. The smallest absolute Gasteiger partial charge is 0.247 e. The lowest BCUT2D eigenvalue weighted by molar-refractivity contribution is 0.414. The van der Waals surface area contributed by atoms with E-state index in [9.17, 15) is 0 Å². The van der Waals surface area contributed by atoms with Crippen LogP contribution in [0.3, 0.4) is 0 Å². The molecule has 0 radical (unpaired) electrons. The van der Waals surface area contributed by atoms with Crippen molar-refractivity contribution in [2.75, 3.05) is 7.11 Å². The lowest BCUT2D eigenvalue weighted by atomic mass is 10.1. The number of hydrogen-bond donors (Lipinski definition) is 1. The monoisotopic (exact) mass is 309 g/mol. The molecule has 3 rings (SSSR count). The van der Waals surface area contributed by atoms with Crippen LogP contribution in [0.1, 0.15) is 24.4 Å². The average molecular weight is 309 g/mol. The van der Waals surface area contributed by atoms with Crippen LogP contribution >= 0.6 is 0 Å². The highest BCUT2D eigenvalue weighted by atomic mass is 16.5. The first-order valence-electron chi connectivity index (χ1n) is 7.51. The Bertz CT molecular complexity index is 756. The van der Waals surface area contributed by atoms with Crippen molar-refractivity contribution in [2.24, 2.45) is 0 Å². The molecule has 0 saturated carbocycles. The number of nitrogens with zero attached hydrogens (tertiary/aromatic N) is 2. The lowest BCUT2D eigenvalue weighted by Crippen LogP contribution is -2.18. The third-order valence-corrected chi connectivity index (χ3v) is 3.64. The molecule has 2 aromatic carbocycles. The number of ether oxygens (including phenoxy) is 1. The van der Waals surface area contributed by atoms with Crippen molar-refractivity contribution in [2.45, 2.75) is 19.5 Å². The molecule has 0 saturated heterocycles. The van der Waals surface area contributed by atoms with Crippen LogP contribution in [-0.4, -0.2) is 17.3 Å². The molecular weight excluding hydrogens is 290 g/mol. The van der Waals surface area contributed by atoms with E-state index in [1.807, 2.05) is 42.5 Å². The van der Waals surface area contributed by atoms with E-state index in [1.54, 1.807) is 7.11 Å². The molecule has 0 amide bonds. The molecule has 0 aliphatic rings. The fourth-order valence-corrected chi connectivity index (χ4v) is 2.30. The summed E-state index contributed by atoms with van der Waals surface area (Å²) in [6.07, 6.45) is 0. The zero-order valence-corrected chi connectivity index (χ0v) is 13.2. The zero-order valence-electron chi connectivity index (χ0n) is 13.2. The summed E-state index contributed by atoms with van der Waals surface area (Å²) in [6, 6.07) is 18.0. The molecule has 1 aromatic heterocycles. The van der Waals surface area contributed by atoms with Gasteiger partial charge in [-0.25, -0.2) is 0 Å². The maximum Gasteiger partial charge on any atom is 0.247 e. The van der Waals surface area contributed by atoms with Gasteiger partial charge >= 0.3 is 0 Å². The molecule has 5 nitrogen and oxygen atoms in total. The van der Waals surface area contributed by atoms with E-state index in [0.717, 1.165) is 11.3 Å². The first kappa shape index (κ1) is 15.2. The van der Waals surface area contributed by atoms with E-state index in [-0.39, 0.29) is 6.04 Å². The number of nitrogens with one attached hydrogen (secondary N) is 1. The Morgan fingerprint density at radius 3 is 2.70 bits per heavy atom. The Morgan fingerprint density at radius 2 is 1.91 bits per heavy atom. The van der Waals surface area contributed by atoms with Crippen molar-refractivity contribution in [1.82, 2.24) is 15.5 Å². The van der Waals surface area contributed by atoms with E-state index in [0.29, 0.717) is 18.3 Å². The predicted octanol–water partition coefficient (Wildman–Crippen LogP) is 3.60. The number of methoxy groups -OCH3 is 1. The minimum atomic E-state index is 0.211. The fraction of sp³-hybridized carbons (Fsp3) is 0.222. The molecular formula is C18H19N3O2. The Kier molecular flexibility index (Phi) is 4.68. The first-order chi connectivity index (χ1) is 11.3. The van der Waals surface area contributed by atoms with Gasteiger partial charge in [0.2, 0.25) is 11.8 Å². The summed E-state index contributed by atoms with van der Waals surface area (Å²) in [5.41, 5.74) is 2.07. The van der Waals surface area contributed by atoms with Crippen molar-refractivity contribution >= 4 is 0 Å². The van der Waals surface area contributed by atoms with Crippen LogP contribution in [0.2, 0.25) is 0 Å². The van der Waals surface area contributed by atoms with Crippen LogP contribution in [0.4, 0.5) is 0 Å². The second kappa shape index (κ2) is 7.07. The van der Waals surface area contributed by atoms with Gasteiger partial charge in [-0.2, -0.15) is 0 Å². The average Bonchev–Trinajstić information content (AvgIpc) is 3.09. The Morgan fingerprint density at radius 1 is 1.09 bits per heavy atom. The standard InChI is InChI=1S/C18H19N3O2/c1-13(14-7-4-3-5-8-14)19-12-17-20-21-18(23-17)15-9-6-10-16(11-15)22-2/h3-11,13,19H,12H2,1-2H3. The third-order valence-electron chi connectivity index (χ3n) is 3.64. The van der Waals surface area contributed by atoms with Crippen molar-refractivity contribution in [3.8, 4) is 17.2 Å². The number of hydrogen-bond acceptors (Lipinski definition) is 5. The van der Waals surface area contributed by atoms with Gasteiger partial charge in [-0.05, 0) is 30.7 Å². The summed E-state index contributed by atoms with van der Waals surface area (Å²) in [5, 5.41) is 11.6. The quantitative estimate of drug-likeness (QED) is 0.754. The van der Waals surface area contributed by atoms with Crippen LogP contribution in [0.5, 0.6) is 5.75 Å². The molecule has 5 heteroatoms. The Labute approximate surface area is 135 Å². The molecule has 1 atom stereocenters. The predicted molar refractivity (Wildman–Crippen MR) is 88.0 cm³/mol. The summed E-state index contributed by atoms with van der Waals surface area (Å²) >= 11 is 0. The van der Waals surface area contributed by atoms with Crippen molar-refractivity contribution in [1.29, 1.82) is 0 Å². The summed E-state index contributed by atoms with van der Waals surface area (Å²) in [4.78, 5) is 0. The topological polar surface area (TPSA) is 60.2 Å². The molecule has 1 N–H and O–H groups in total. The molecule has 0 aliphatic heterocycles. The molecule has 3 aromatic rings. The molecule has 0 bridgehead atoms. The van der Waals surface area contributed by atoms with Crippen molar-refractivity contribution < 1.29 is 9.15 Å². The van der Waals surface area contributed by atoms with Crippen molar-refractivity contribution in [3.63, 3.8) is 0 Å². The highest BCUT2D eigenvalue weighted by molar-refractivity contribution is 5.55. The lowest BCUT2D eigenvalue weighted by Gasteiger charge is -2.12. The summed E-state index contributed by atoms with van der Waals surface area (Å²) in [6.45, 7) is 2.63. The summed E-state index contributed by atoms with van der Waals surface area (Å²) < 4.78 is 10.9. The maximum absolute atomic E-state index is 5.72. The number of rotatable bonds is 6. The van der Waals surface area contributed by atoms with Gasteiger partial charge in [-0.3, -0.25) is 0 Å². The van der Waals surface area contributed by atoms with Crippen LogP contribution < -0.4 is 10.1 Å². The Balaban J connectivity index is 1.65. The first-order valence-corrected chi connectivity index (χ1v) is 7.51. The molecule has 1 heterocycles. The van der Waals surface area contributed by atoms with E-state index in [1.165, 1.54) is 5.56 Å². The molecule has 23 heavy (non-hydrogen) atoms. The van der Waals surface area contributed by atoms with Gasteiger partial charge in [0.05, 0.1) is 13.7 Å². The van der Waals surface area contributed by atoms with Crippen LogP contribution in [0.15, 0.2) is 59.0 Å². The molecule has 0 aliphatic carbocycles. The molecule has 0 spiro atoms. The van der Waals surface area contributed by atoms with Crippen LogP contribution in [-0.2, 0) is 6.54 Å². The van der Waals surface area contributed by atoms with Gasteiger partial charge in [0.1, 0.15) is 5.75 Å². The number of aromatic nitrogens is 2. The van der Waals surface area contributed by atoms with Gasteiger partial charge in [-0.1, -0.05) is 36.4 Å². The minimum Gasteiger partial charge on any atom is -0.497 e. The minimum absolute atomic E-state index is 0.211. The van der Waals surface area contributed by atoms with Gasteiger partial charge in [0.25, 0.3) is 0 Å². The highest BCUT2D eigenvalue weighted by Gasteiger charge is 2.11. The summed E-state index contributed by atoms with van der Waals surface area (Å²) in [7, 11) is 1.63. The van der Waals surface area contributed by atoms with Gasteiger partial charge in [0, 0.05) is 11.6 Å². The fourth-order valence-electron chi connectivity index (χ4n) is 2.30. The van der Waals surface area contributed by atoms with E-state index in [4.69, 9.17) is 9.15 Å². The van der Waals surface area contributed by atoms with E-state index >= 15 is 0 Å². The molecule has 1 unspecified atom stereocenters. The normalized spacial score (nSPS) is 12.1. The largest absolute Gasteiger partial charge is 0.497 e. The Hall–Kier alpha value is -2.66. The zero-order chi connectivity index (χ0) is 16.1.